The summed E-state index contributed by atoms with van der Waals surface area (Å²) in [7, 11) is 1.79. The molecule has 7 heteroatoms. The van der Waals surface area contributed by atoms with Crippen LogP contribution in [-0.2, 0) is 18.4 Å². The van der Waals surface area contributed by atoms with E-state index < -0.39 is 0 Å². The Labute approximate surface area is 172 Å². The lowest BCUT2D eigenvalue weighted by Crippen LogP contribution is -2.28. The summed E-state index contributed by atoms with van der Waals surface area (Å²) in [6.07, 6.45) is 3.28. The van der Waals surface area contributed by atoms with E-state index in [1.165, 1.54) is 10.9 Å². The first kappa shape index (κ1) is 19.0. The number of aromatic nitrogens is 3. The van der Waals surface area contributed by atoms with Gasteiger partial charge in [0.05, 0.1) is 6.33 Å². The van der Waals surface area contributed by atoms with Gasteiger partial charge in [0.2, 0.25) is 5.91 Å². The average Bonchev–Trinajstić information content (AvgIpc) is 3.02. The van der Waals surface area contributed by atoms with Gasteiger partial charge in [-0.15, -0.1) is 0 Å². The van der Waals surface area contributed by atoms with Crippen molar-refractivity contribution in [3.05, 3.63) is 82.0 Å². The molecule has 0 aliphatic rings. The van der Waals surface area contributed by atoms with Crippen LogP contribution in [0.5, 0.6) is 0 Å². The molecule has 146 valence electrons. The summed E-state index contributed by atoms with van der Waals surface area (Å²) in [6, 6.07) is 14.9. The third-order valence-electron chi connectivity index (χ3n) is 4.72. The number of rotatable bonds is 4. The molecule has 2 heterocycles. The molecular formula is C22H19ClN4O2. The van der Waals surface area contributed by atoms with Gasteiger partial charge in [-0.05, 0) is 42.3 Å². The van der Waals surface area contributed by atoms with Crippen LogP contribution < -0.4 is 10.9 Å². The van der Waals surface area contributed by atoms with Gasteiger partial charge >= 0.3 is 0 Å². The molecule has 1 N–H and O–H groups in total. The minimum Gasteiger partial charge on any atom is -0.344 e. The number of nitrogens with zero attached hydrogens (tertiary/aromatic N) is 3. The predicted octanol–water partition coefficient (Wildman–Crippen LogP) is 4.00. The van der Waals surface area contributed by atoms with Gasteiger partial charge in [-0.2, -0.15) is 0 Å². The van der Waals surface area contributed by atoms with E-state index in [0.29, 0.717) is 21.7 Å². The van der Waals surface area contributed by atoms with Gasteiger partial charge in [0.15, 0.2) is 0 Å². The number of amides is 1. The highest BCUT2D eigenvalue weighted by Gasteiger charge is 2.16. The van der Waals surface area contributed by atoms with Crippen LogP contribution in [0.2, 0.25) is 5.02 Å². The predicted molar refractivity (Wildman–Crippen MR) is 115 cm³/mol. The average molecular weight is 407 g/mol. The van der Waals surface area contributed by atoms with Crippen molar-refractivity contribution < 1.29 is 4.79 Å². The molecule has 0 bridgehead atoms. The molecule has 0 atom stereocenters. The molecule has 2 aromatic heterocycles. The molecule has 2 aromatic carbocycles. The number of fused-ring (bicyclic) bond motifs is 1. The molecule has 0 unspecified atom stereocenters. The number of carbonyl (C=O) groups is 1. The fourth-order valence-electron chi connectivity index (χ4n) is 3.34. The molecule has 0 fully saturated rings. The number of hydrogen-bond donors (Lipinski definition) is 1. The van der Waals surface area contributed by atoms with Crippen molar-refractivity contribution in [2.75, 3.05) is 5.32 Å². The van der Waals surface area contributed by atoms with Crippen molar-refractivity contribution in [2.24, 2.45) is 7.05 Å². The standard InChI is InChI=1S/C22H19ClN4O2/c1-14-4-3-5-17(10-14)25-19(28)12-27-13-24-20-18(11-26(2)21(20)22(27)29)15-6-8-16(23)9-7-15/h3-11,13H,12H2,1-2H3,(H,25,28). The van der Waals surface area contributed by atoms with E-state index >= 15 is 0 Å². The lowest BCUT2D eigenvalue weighted by atomic mass is 10.1. The second kappa shape index (κ2) is 7.56. The van der Waals surface area contributed by atoms with E-state index in [1.54, 1.807) is 23.7 Å². The third-order valence-corrected chi connectivity index (χ3v) is 4.97. The summed E-state index contributed by atoms with van der Waals surface area (Å²) in [6.45, 7) is 1.84. The summed E-state index contributed by atoms with van der Waals surface area (Å²) >= 11 is 5.97. The highest BCUT2D eigenvalue weighted by Crippen LogP contribution is 2.28. The summed E-state index contributed by atoms with van der Waals surface area (Å²) in [5, 5.41) is 3.45. The number of halogens is 1. The summed E-state index contributed by atoms with van der Waals surface area (Å²) in [5.41, 5.74) is 4.27. The Kier molecular flexibility index (Phi) is 4.94. The van der Waals surface area contributed by atoms with Crippen molar-refractivity contribution >= 4 is 34.2 Å². The molecule has 29 heavy (non-hydrogen) atoms. The Morgan fingerprint density at radius 1 is 1.17 bits per heavy atom. The summed E-state index contributed by atoms with van der Waals surface area (Å²) in [5.74, 6) is -0.286. The van der Waals surface area contributed by atoms with Gasteiger partial charge < -0.3 is 9.88 Å². The Morgan fingerprint density at radius 2 is 1.93 bits per heavy atom. The molecule has 4 rings (SSSR count). The van der Waals surface area contributed by atoms with Crippen LogP contribution in [-0.4, -0.2) is 20.0 Å². The Morgan fingerprint density at radius 3 is 2.66 bits per heavy atom. The fraction of sp³-hybridized carbons (Fsp3) is 0.136. The first-order valence-corrected chi connectivity index (χ1v) is 9.47. The van der Waals surface area contributed by atoms with Crippen LogP contribution in [0.25, 0.3) is 22.2 Å². The molecule has 0 saturated carbocycles. The van der Waals surface area contributed by atoms with Crippen molar-refractivity contribution in [1.29, 1.82) is 0 Å². The minimum absolute atomic E-state index is 0.114. The monoisotopic (exact) mass is 406 g/mol. The molecule has 0 saturated heterocycles. The largest absolute Gasteiger partial charge is 0.344 e. The van der Waals surface area contributed by atoms with Crippen molar-refractivity contribution in [2.45, 2.75) is 13.5 Å². The van der Waals surface area contributed by atoms with Gasteiger partial charge in [0, 0.05) is 29.5 Å². The number of hydrogen-bond acceptors (Lipinski definition) is 3. The molecule has 0 spiro atoms. The molecule has 0 aliphatic heterocycles. The first-order valence-electron chi connectivity index (χ1n) is 9.09. The Bertz CT molecular complexity index is 1270. The minimum atomic E-state index is -0.286. The van der Waals surface area contributed by atoms with Crippen LogP contribution in [0.4, 0.5) is 5.69 Å². The maximum absolute atomic E-state index is 13.0. The van der Waals surface area contributed by atoms with Gasteiger partial charge in [0.25, 0.3) is 5.56 Å². The highest BCUT2D eigenvalue weighted by molar-refractivity contribution is 6.30. The smallest absolute Gasteiger partial charge is 0.278 e. The van der Waals surface area contributed by atoms with Crippen molar-refractivity contribution in [1.82, 2.24) is 14.1 Å². The summed E-state index contributed by atoms with van der Waals surface area (Å²) < 4.78 is 3.06. The van der Waals surface area contributed by atoms with Gasteiger partial charge in [-0.25, -0.2) is 4.98 Å². The van der Waals surface area contributed by atoms with Crippen LogP contribution in [0, 0.1) is 6.92 Å². The number of anilines is 1. The molecule has 1 amide bonds. The zero-order chi connectivity index (χ0) is 20.5. The Hall–Kier alpha value is -3.38. The molecular weight excluding hydrogens is 388 g/mol. The van der Waals surface area contributed by atoms with E-state index in [4.69, 9.17) is 11.6 Å². The number of carbonyl (C=O) groups excluding carboxylic acids is 1. The normalized spacial score (nSPS) is 11.0. The van der Waals surface area contributed by atoms with Crippen LogP contribution >= 0.6 is 11.6 Å². The molecule has 0 radical (unpaired) electrons. The number of aryl methyl sites for hydroxylation is 2. The zero-order valence-electron chi connectivity index (χ0n) is 16.0. The van der Waals surface area contributed by atoms with Crippen molar-refractivity contribution in [3.8, 4) is 11.1 Å². The van der Waals surface area contributed by atoms with E-state index in [2.05, 4.69) is 10.3 Å². The number of benzene rings is 2. The summed E-state index contributed by atoms with van der Waals surface area (Å²) in [4.78, 5) is 29.9. The van der Waals surface area contributed by atoms with E-state index in [9.17, 15) is 9.59 Å². The lowest BCUT2D eigenvalue weighted by Gasteiger charge is -2.08. The number of nitrogens with one attached hydrogen (secondary N) is 1. The van der Waals surface area contributed by atoms with Crippen LogP contribution in [0.3, 0.4) is 0 Å². The fourth-order valence-corrected chi connectivity index (χ4v) is 3.47. The van der Waals surface area contributed by atoms with Gasteiger partial charge in [-0.1, -0.05) is 35.9 Å². The van der Waals surface area contributed by atoms with Crippen LogP contribution in [0.1, 0.15) is 5.56 Å². The second-order valence-corrected chi connectivity index (χ2v) is 7.39. The topological polar surface area (TPSA) is 68.9 Å². The van der Waals surface area contributed by atoms with Crippen LogP contribution in [0.15, 0.2) is 65.8 Å². The Balaban J connectivity index is 1.66. The molecule has 0 aliphatic carbocycles. The zero-order valence-corrected chi connectivity index (χ0v) is 16.8. The van der Waals surface area contributed by atoms with E-state index in [-0.39, 0.29) is 18.0 Å². The first-order chi connectivity index (χ1) is 13.9. The van der Waals surface area contributed by atoms with Crippen molar-refractivity contribution in [3.63, 3.8) is 0 Å². The maximum atomic E-state index is 13.0. The lowest BCUT2D eigenvalue weighted by molar-refractivity contribution is -0.116. The second-order valence-electron chi connectivity index (χ2n) is 6.95. The quantitative estimate of drug-likeness (QED) is 0.557. The van der Waals surface area contributed by atoms with E-state index in [1.807, 2.05) is 49.5 Å². The molecule has 6 nitrogen and oxygen atoms in total. The van der Waals surface area contributed by atoms with E-state index in [0.717, 1.165) is 16.7 Å². The third kappa shape index (κ3) is 3.79. The maximum Gasteiger partial charge on any atom is 0.278 e. The van der Waals surface area contributed by atoms with Gasteiger partial charge in [0.1, 0.15) is 17.6 Å². The SMILES string of the molecule is Cc1cccc(NC(=O)Cn2cnc3c(-c4ccc(Cl)cc4)cn(C)c3c2=O)c1. The highest BCUT2D eigenvalue weighted by atomic mass is 35.5. The molecule has 4 aromatic rings. The van der Waals surface area contributed by atoms with Gasteiger partial charge in [-0.3, -0.25) is 14.2 Å².